The zero-order chi connectivity index (χ0) is 42.2. The second kappa shape index (κ2) is 15.9. The quantitative estimate of drug-likeness (QED) is 0.143. The van der Waals surface area contributed by atoms with Crippen LogP contribution < -0.4 is 0 Å². The first-order chi connectivity index (χ1) is 31.2. The Balaban J connectivity index is 0.990. The Morgan fingerprint density at radius 1 is 0.317 bits per heavy atom. The Hall–Kier alpha value is -8.45. The van der Waals surface area contributed by atoms with Crippen LogP contribution in [0.3, 0.4) is 0 Å². The van der Waals surface area contributed by atoms with Gasteiger partial charge in [0, 0.05) is 16.7 Å². The lowest BCUT2D eigenvalue weighted by Gasteiger charge is -2.34. The van der Waals surface area contributed by atoms with Crippen molar-refractivity contribution in [3.8, 4) is 78.4 Å². The van der Waals surface area contributed by atoms with E-state index in [2.05, 4.69) is 211 Å². The minimum Gasteiger partial charge on any atom is -0.238 e. The highest BCUT2D eigenvalue weighted by Crippen LogP contribution is 2.57. The number of rotatable bonds is 8. The summed E-state index contributed by atoms with van der Waals surface area (Å²) in [7, 11) is 0. The Bertz CT molecular complexity index is 3280. The van der Waals surface area contributed by atoms with Gasteiger partial charge in [0.1, 0.15) is 0 Å². The number of benzene rings is 9. The second-order valence-electron chi connectivity index (χ2n) is 16.0. The van der Waals surface area contributed by atoms with Crippen molar-refractivity contribution >= 4 is 5.69 Å². The molecule has 3 heteroatoms. The molecule has 0 aliphatic heterocycles. The van der Waals surface area contributed by atoms with Crippen molar-refractivity contribution in [3.05, 3.63) is 270 Å². The summed E-state index contributed by atoms with van der Waals surface area (Å²) in [6.45, 7) is 7.92. The van der Waals surface area contributed by atoms with E-state index in [-0.39, 0.29) is 0 Å². The minimum atomic E-state index is -0.526. The highest BCUT2D eigenvalue weighted by atomic mass is 14.9. The molecule has 0 saturated heterocycles. The van der Waals surface area contributed by atoms with Gasteiger partial charge in [-0.15, -0.1) is 0 Å². The summed E-state index contributed by atoms with van der Waals surface area (Å²) in [6.07, 6.45) is 0. The molecular weight excluding hydrogens is 763 g/mol. The molecule has 9 aromatic carbocycles. The highest BCUT2D eigenvalue weighted by Gasteiger charge is 2.46. The summed E-state index contributed by atoms with van der Waals surface area (Å²) in [5.41, 5.74) is 18.7. The summed E-state index contributed by atoms with van der Waals surface area (Å²) in [4.78, 5) is 14.1. The van der Waals surface area contributed by atoms with Crippen molar-refractivity contribution in [2.24, 2.45) is 0 Å². The summed E-state index contributed by atoms with van der Waals surface area (Å²) >= 11 is 0. The van der Waals surface area contributed by atoms with E-state index in [1.807, 2.05) is 30.3 Å². The van der Waals surface area contributed by atoms with Gasteiger partial charge in [-0.3, -0.25) is 0 Å². The predicted octanol–water partition coefficient (Wildman–Crippen LogP) is 15.4. The molecule has 0 spiro atoms. The number of aromatic nitrogens is 2. The van der Waals surface area contributed by atoms with E-state index in [1.165, 1.54) is 33.4 Å². The van der Waals surface area contributed by atoms with Gasteiger partial charge in [-0.1, -0.05) is 206 Å². The minimum absolute atomic E-state index is 0.526. The van der Waals surface area contributed by atoms with E-state index < -0.39 is 5.41 Å². The van der Waals surface area contributed by atoms with Gasteiger partial charge in [0.2, 0.25) is 0 Å². The molecule has 63 heavy (non-hydrogen) atoms. The molecule has 0 bridgehead atoms. The summed E-state index contributed by atoms with van der Waals surface area (Å²) in [5.74, 6) is 0.688. The lowest BCUT2D eigenvalue weighted by atomic mass is 9.67. The van der Waals surface area contributed by atoms with Gasteiger partial charge in [-0.25, -0.2) is 14.8 Å². The third-order valence-corrected chi connectivity index (χ3v) is 12.4. The maximum absolute atomic E-state index is 7.92. The first-order valence-corrected chi connectivity index (χ1v) is 21.3. The van der Waals surface area contributed by atoms with E-state index in [0.717, 1.165) is 61.5 Å². The van der Waals surface area contributed by atoms with Crippen LogP contribution in [0.4, 0.5) is 5.69 Å². The molecule has 11 rings (SSSR count). The van der Waals surface area contributed by atoms with Crippen LogP contribution in [0, 0.1) is 6.57 Å². The molecule has 0 amide bonds. The first-order valence-electron chi connectivity index (χ1n) is 21.3. The van der Waals surface area contributed by atoms with E-state index in [0.29, 0.717) is 11.5 Å². The smallest absolute Gasteiger partial charge is 0.187 e. The first kappa shape index (κ1) is 37.5. The molecule has 0 radical (unpaired) electrons. The number of fused-ring (bicyclic) bond motifs is 3. The molecule has 0 saturated carbocycles. The van der Waals surface area contributed by atoms with Gasteiger partial charge in [0.05, 0.1) is 23.4 Å². The van der Waals surface area contributed by atoms with Gasteiger partial charge in [-0.05, 0) is 97.1 Å². The van der Waals surface area contributed by atoms with Crippen molar-refractivity contribution in [3.63, 3.8) is 0 Å². The normalized spacial score (nSPS) is 12.2. The lowest BCUT2D eigenvalue weighted by Crippen LogP contribution is -2.28. The molecule has 10 aromatic rings. The monoisotopic (exact) mass is 801 g/mol. The zero-order valence-electron chi connectivity index (χ0n) is 34.4. The van der Waals surface area contributed by atoms with Crippen LogP contribution in [-0.2, 0) is 5.41 Å². The highest BCUT2D eigenvalue weighted by molar-refractivity contribution is 5.91. The lowest BCUT2D eigenvalue weighted by molar-refractivity contribution is 0.768. The topological polar surface area (TPSA) is 30.1 Å². The zero-order valence-corrected chi connectivity index (χ0v) is 34.4. The standard InChI is InChI=1S/C60H39N3/c1-61-52-33-35-56-54(39-52)53-38-48(32-34-55(53)60(56,50-24-10-4-11-25-50)51-26-12-5-13-27-51)46-21-14-20-45(36-46)47-22-15-23-49(37-47)58-40-57(62-59(63-58)44-18-8-3-9-19-44)43-30-28-42(29-31-43)41-16-6-2-7-17-41/h2-40H. The average Bonchev–Trinajstić information content (AvgIpc) is 3.67. The van der Waals surface area contributed by atoms with Crippen molar-refractivity contribution in [1.29, 1.82) is 0 Å². The van der Waals surface area contributed by atoms with Crippen LogP contribution in [0.25, 0.3) is 83.3 Å². The Labute approximate surface area is 368 Å². The van der Waals surface area contributed by atoms with E-state index in [1.54, 1.807) is 0 Å². The Morgan fingerprint density at radius 2 is 0.730 bits per heavy atom. The van der Waals surface area contributed by atoms with Crippen LogP contribution in [-0.4, -0.2) is 9.97 Å². The van der Waals surface area contributed by atoms with Crippen LogP contribution >= 0.6 is 0 Å². The van der Waals surface area contributed by atoms with Crippen LogP contribution in [0.15, 0.2) is 237 Å². The molecule has 0 N–H and O–H groups in total. The number of hydrogen-bond acceptors (Lipinski definition) is 2. The maximum atomic E-state index is 7.92. The molecule has 0 fully saturated rings. The number of hydrogen-bond donors (Lipinski definition) is 0. The molecule has 0 atom stereocenters. The largest absolute Gasteiger partial charge is 0.238 e. The molecular formula is C60H39N3. The van der Waals surface area contributed by atoms with Crippen molar-refractivity contribution in [1.82, 2.24) is 9.97 Å². The van der Waals surface area contributed by atoms with Crippen molar-refractivity contribution in [2.75, 3.05) is 0 Å². The van der Waals surface area contributed by atoms with Gasteiger partial charge < -0.3 is 0 Å². The number of nitrogens with zero attached hydrogens (tertiary/aromatic N) is 3. The van der Waals surface area contributed by atoms with Gasteiger partial charge in [-0.2, -0.15) is 0 Å². The van der Waals surface area contributed by atoms with Crippen LogP contribution in [0.5, 0.6) is 0 Å². The summed E-state index contributed by atoms with van der Waals surface area (Å²) in [5, 5.41) is 0. The third kappa shape index (κ3) is 6.72. The van der Waals surface area contributed by atoms with Gasteiger partial charge in [0.25, 0.3) is 0 Å². The van der Waals surface area contributed by atoms with Crippen molar-refractivity contribution in [2.45, 2.75) is 5.41 Å². The van der Waals surface area contributed by atoms with Gasteiger partial charge >= 0.3 is 0 Å². The maximum Gasteiger partial charge on any atom is 0.187 e. The molecule has 1 aromatic heterocycles. The van der Waals surface area contributed by atoms with Crippen LogP contribution in [0.1, 0.15) is 22.3 Å². The second-order valence-corrected chi connectivity index (χ2v) is 16.0. The fraction of sp³-hybridized carbons (Fsp3) is 0.0167. The predicted molar refractivity (Wildman–Crippen MR) is 258 cm³/mol. The van der Waals surface area contributed by atoms with E-state index in [9.17, 15) is 0 Å². The summed E-state index contributed by atoms with van der Waals surface area (Å²) in [6, 6.07) is 83.5. The molecule has 1 aliphatic carbocycles. The fourth-order valence-electron chi connectivity index (χ4n) is 9.40. The molecule has 294 valence electrons. The van der Waals surface area contributed by atoms with Gasteiger partial charge in [0.15, 0.2) is 11.5 Å². The molecule has 1 heterocycles. The molecule has 1 aliphatic rings. The van der Waals surface area contributed by atoms with E-state index >= 15 is 0 Å². The Kier molecular flexibility index (Phi) is 9.45. The average molecular weight is 802 g/mol. The Morgan fingerprint density at radius 3 is 1.32 bits per heavy atom. The van der Waals surface area contributed by atoms with E-state index in [4.69, 9.17) is 16.5 Å². The SMILES string of the molecule is [C-]#[N+]c1ccc2c(c1)-c1cc(-c3cccc(-c4cccc(-c5cc(-c6ccc(-c7ccccc7)cc6)nc(-c6ccccc6)n5)c4)c3)ccc1C2(c1ccccc1)c1ccccc1. The molecule has 0 unspecified atom stereocenters. The fourth-order valence-corrected chi connectivity index (χ4v) is 9.40. The van der Waals surface area contributed by atoms with Crippen LogP contribution in [0.2, 0.25) is 0 Å². The molecule has 3 nitrogen and oxygen atoms in total. The summed E-state index contributed by atoms with van der Waals surface area (Å²) < 4.78 is 0. The third-order valence-electron chi connectivity index (χ3n) is 12.4. The van der Waals surface area contributed by atoms with Crippen molar-refractivity contribution < 1.29 is 0 Å².